The Hall–Kier alpha value is -0.800. The molecule has 0 aliphatic heterocycles. The van der Waals surface area contributed by atoms with Crippen LogP contribution in [-0.2, 0) is 27.8 Å². The van der Waals surface area contributed by atoms with Crippen LogP contribution in [0, 0.1) is 6.92 Å². The fourth-order valence-corrected chi connectivity index (χ4v) is 4.75. The molecule has 2 aromatic rings. The molecule has 0 radical (unpaired) electrons. The fourth-order valence-electron chi connectivity index (χ4n) is 1.59. The summed E-state index contributed by atoms with van der Waals surface area (Å²) in [5.41, 5.74) is 0.882. The topological polar surface area (TPSA) is 68.3 Å². The lowest BCUT2D eigenvalue weighted by atomic mass is 10.3. The molecule has 0 bridgehead atoms. The van der Waals surface area contributed by atoms with Gasteiger partial charge >= 0.3 is 0 Å². The number of thiazole rings is 1. The zero-order chi connectivity index (χ0) is 14.6. The lowest BCUT2D eigenvalue weighted by Gasteiger charge is -2.03. The molecular weight excluding hydrogens is 316 g/mol. The van der Waals surface area contributed by atoms with Crippen LogP contribution in [0.5, 0.6) is 0 Å². The molecule has 0 unspecified atom stereocenters. The van der Waals surface area contributed by atoms with E-state index in [0.717, 1.165) is 15.6 Å². The van der Waals surface area contributed by atoms with E-state index < -0.39 is 10.0 Å². The van der Waals surface area contributed by atoms with E-state index in [9.17, 15) is 8.42 Å². The van der Waals surface area contributed by atoms with Crippen molar-refractivity contribution >= 4 is 32.7 Å². The van der Waals surface area contributed by atoms with Crippen molar-refractivity contribution < 1.29 is 13.2 Å². The number of hydrogen-bond donors (Lipinski definition) is 1. The molecule has 0 aliphatic carbocycles. The van der Waals surface area contributed by atoms with Crippen molar-refractivity contribution in [2.24, 2.45) is 0 Å². The van der Waals surface area contributed by atoms with Gasteiger partial charge in [-0.1, -0.05) is 0 Å². The van der Waals surface area contributed by atoms with E-state index in [-0.39, 0.29) is 0 Å². The molecule has 5 nitrogen and oxygen atoms in total. The molecule has 0 saturated carbocycles. The van der Waals surface area contributed by atoms with E-state index in [0.29, 0.717) is 23.8 Å². The molecule has 20 heavy (non-hydrogen) atoms. The Morgan fingerprint density at radius 3 is 2.85 bits per heavy atom. The zero-order valence-electron chi connectivity index (χ0n) is 11.3. The summed E-state index contributed by atoms with van der Waals surface area (Å²) in [6.45, 7) is 2.72. The van der Waals surface area contributed by atoms with Crippen LogP contribution in [0.3, 0.4) is 0 Å². The van der Waals surface area contributed by atoms with E-state index >= 15 is 0 Å². The lowest BCUT2D eigenvalue weighted by Crippen LogP contribution is -2.25. The summed E-state index contributed by atoms with van der Waals surface area (Å²) in [5, 5.41) is 2.83. The molecule has 0 aromatic carbocycles. The highest BCUT2D eigenvalue weighted by Crippen LogP contribution is 2.20. The minimum atomic E-state index is -3.39. The number of hydrogen-bond acceptors (Lipinski definition) is 6. The average Bonchev–Trinajstić information content (AvgIpc) is 2.99. The molecular formula is C12H16N2O3S3. The maximum Gasteiger partial charge on any atom is 0.250 e. The minimum absolute atomic E-state index is 0.343. The van der Waals surface area contributed by atoms with Crippen LogP contribution < -0.4 is 4.72 Å². The third-order valence-electron chi connectivity index (χ3n) is 2.52. The first-order chi connectivity index (χ1) is 9.51. The molecule has 0 amide bonds. The van der Waals surface area contributed by atoms with Gasteiger partial charge in [0.25, 0.3) is 0 Å². The van der Waals surface area contributed by atoms with Gasteiger partial charge in [-0.3, -0.25) is 0 Å². The van der Waals surface area contributed by atoms with Gasteiger partial charge in [0.15, 0.2) is 0 Å². The number of nitrogens with zero attached hydrogens (tertiary/aromatic N) is 1. The number of aryl methyl sites for hydroxylation is 1. The molecule has 110 valence electrons. The normalized spacial score (nSPS) is 11.9. The predicted octanol–water partition coefficient (Wildman–Crippen LogP) is 2.18. The Morgan fingerprint density at radius 1 is 1.40 bits per heavy atom. The Bertz CT molecular complexity index is 661. The van der Waals surface area contributed by atoms with Crippen LogP contribution in [0.25, 0.3) is 0 Å². The van der Waals surface area contributed by atoms with Gasteiger partial charge in [0.1, 0.15) is 9.22 Å². The second-order valence-electron chi connectivity index (χ2n) is 4.18. The number of sulfonamides is 1. The molecule has 1 N–H and O–H groups in total. The maximum atomic E-state index is 12.0. The second-order valence-corrected chi connectivity index (χ2v) is 8.40. The molecule has 0 fully saturated rings. The lowest BCUT2D eigenvalue weighted by molar-refractivity contribution is 0.184. The van der Waals surface area contributed by atoms with Crippen molar-refractivity contribution in [3.63, 3.8) is 0 Å². The smallest absolute Gasteiger partial charge is 0.250 e. The number of methoxy groups -OCH3 is 1. The molecule has 2 aromatic heterocycles. The Balaban J connectivity index is 1.88. The van der Waals surface area contributed by atoms with Gasteiger partial charge in [-0.25, -0.2) is 18.1 Å². The summed E-state index contributed by atoms with van der Waals surface area (Å²) in [5.74, 6) is 0. The van der Waals surface area contributed by atoms with Gasteiger partial charge in [-0.15, -0.1) is 22.7 Å². The highest BCUT2D eigenvalue weighted by molar-refractivity contribution is 7.91. The number of rotatable bonds is 7. The SMILES string of the molecule is COCc1nc(CCNS(=O)(=O)c2ccc(C)s2)cs1. The van der Waals surface area contributed by atoms with E-state index in [2.05, 4.69) is 9.71 Å². The Kier molecular flexibility index (Phi) is 5.28. The first-order valence-electron chi connectivity index (χ1n) is 5.99. The molecule has 2 heterocycles. The summed E-state index contributed by atoms with van der Waals surface area (Å²) in [6.07, 6.45) is 0.573. The van der Waals surface area contributed by atoms with E-state index in [1.165, 1.54) is 22.7 Å². The Labute approximate surface area is 126 Å². The standard InChI is InChI=1S/C12H16N2O3S3/c1-9-3-4-12(19-9)20(15,16)13-6-5-10-8-18-11(14-10)7-17-2/h3-4,8,13H,5-7H2,1-2H3. The summed E-state index contributed by atoms with van der Waals surface area (Å²) in [6, 6.07) is 3.43. The maximum absolute atomic E-state index is 12.0. The van der Waals surface area contributed by atoms with Crippen molar-refractivity contribution in [2.75, 3.05) is 13.7 Å². The van der Waals surface area contributed by atoms with Gasteiger partial charge < -0.3 is 4.74 Å². The largest absolute Gasteiger partial charge is 0.378 e. The molecule has 0 saturated heterocycles. The summed E-state index contributed by atoms with van der Waals surface area (Å²) < 4.78 is 32.0. The molecule has 8 heteroatoms. The highest BCUT2D eigenvalue weighted by Gasteiger charge is 2.15. The average molecular weight is 332 g/mol. The molecule has 0 aliphatic rings. The molecule has 2 rings (SSSR count). The third kappa shape index (κ3) is 4.10. The van der Waals surface area contributed by atoms with Gasteiger partial charge in [-0.2, -0.15) is 0 Å². The highest BCUT2D eigenvalue weighted by atomic mass is 32.2. The Morgan fingerprint density at radius 2 is 2.20 bits per heavy atom. The third-order valence-corrected chi connectivity index (χ3v) is 6.35. The first-order valence-corrected chi connectivity index (χ1v) is 9.17. The van der Waals surface area contributed by atoms with E-state index in [1.807, 2.05) is 12.3 Å². The summed E-state index contributed by atoms with van der Waals surface area (Å²) in [7, 11) is -1.77. The van der Waals surface area contributed by atoms with E-state index in [4.69, 9.17) is 4.74 Å². The number of nitrogens with one attached hydrogen (secondary N) is 1. The van der Waals surface area contributed by atoms with Gasteiger partial charge in [0, 0.05) is 30.3 Å². The molecule has 0 atom stereocenters. The van der Waals surface area contributed by atoms with Crippen LogP contribution in [0.15, 0.2) is 21.7 Å². The van der Waals surface area contributed by atoms with Crippen LogP contribution in [0.2, 0.25) is 0 Å². The fraction of sp³-hybridized carbons (Fsp3) is 0.417. The first kappa shape index (κ1) is 15.6. The second kappa shape index (κ2) is 6.77. The van der Waals surface area contributed by atoms with Crippen LogP contribution in [0.4, 0.5) is 0 Å². The number of aromatic nitrogens is 1. The van der Waals surface area contributed by atoms with Gasteiger partial charge in [0.2, 0.25) is 10.0 Å². The van der Waals surface area contributed by atoms with Crippen molar-refractivity contribution in [2.45, 2.75) is 24.2 Å². The predicted molar refractivity (Wildman–Crippen MR) is 80.8 cm³/mol. The quantitative estimate of drug-likeness (QED) is 0.844. The van der Waals surface area contributed by atoms with Crippen LogP contribution >= 0.6 is 22.7 Å². The summed E-state index contributed by atoms with van der Waals surface area (Å²) in [4.78, 5) is 5.34. The van der Waals surface area contributed by atoms with Crippen molar-refractivity contribution in [1.82, 2.24) is 9.71 Å². The van der Waals surface area contributed by atoms with Crippen molar-refractivity contribution in [3.8, 4) is 0 Å². The van der Waals surface area contributed by atoms with Crippen molar-refractivity contribution in [1.29, 1.82) is 0 Å². The zero-order valence-corrected chi connectivity index (χ0v) is 13.7. The summed E-state index contributed by atoms with van der Waals surface area (Å²) >= 11 is 2.79. The number of thiophene rings is 1. The number of ether oxygens (including phenoxy) is 1. The van der Waals surface area contributed by atoms with Gasteiger partial charge in [0.05, 0.1) is 12.3 Å². The van der Waals surface area contributed by atoms with Crippen molar-refractivity contribution in [3.05, 3.63) is 33.1 Å². The minimum Gasteiger partial charge on any atom is -0.378 e. The molecule has 0 spiro atoms. The van der Waals surface area contributed by atoms with Gasteiger partial charge in [-0.05, 0) is 19.1 Å². The van der Waals surface area contributed by atoms with E-state index in [1.54, 1.807) is 19.2 Å². The van der Waals surface area contributed by atoms with Crippen LogP contribution in [0.1, 0.15) is 15.6 Å². The van der Waals surface area contributed by atoms with Crippen LogP contribution in [-0.4, -0.2) is 27.1 Å². The monoisotopic (exact) mass is 332 g/mol.